The molecule has 13 heavy (non-hydrogen) atoms. The molecule has 0 heterocycles. The highest BCUT2D eigenvalue weighted by atomic mass is 16.3. The Morgan fingerprint density at radius 2 is 2.00 bits per heavy atom. The largest absolute Gasteiger partial charge is 0.392 e. The first-order valence-corrected chi connectivity index (χ1v) is 4.26. The molecule has 0 fully saturated rings. The molecule has 0 aliphatic heterocycles. The van der Waals surface area contributed by atoms with E-state index in [4.69, 9.17) is 5.11 Å². The summed E-state index contributed by atoms with van der Waals surface area (Å²) in [5.74, 6) is 0. The van der Waals surface area contributed by atoms with Gasteiger partial charge < -0.3 is 10.2 Å². The van der Waals surface area contributed by atoms with Gasteiger partial charge in [-0.25, -0.2) is 0 Å². The molecule has 0 aliphatic rings. The molecular weight excluding hydrogens is 164 g/mol. The van der Waals surface area contributed by atoms with Crippen LogP contribution in [0.25, 0.3) is 0 Å². The Hall–Kier alpha value is -1.12. The highest BCUT2D eigenvalue weighted by molar-refractivity contribution is 5.24. The first-order chi connectivity index (χ1) is 6.25. The summed E-state index contributed by atoms with van der Waals surface area (Å²) < 4.78 is 0. The van der Waals surface area contributed by atoms with Crippen LogP contribution in [0.3, 0.4) is 0 Å². The van der Waals surface area contributed by atoms with E-state index >= 15 is 0 Å². The van der Waals surface area contributed by atoms with E-state index in [9.17, 15) is 5.11 Å². The zero-order chi connectivity index (χ0) is 9.68. The van der Waals surface area contributed by atoms with Gasteiger partial charge in [0.25, 0.3) is 0 Å². The van der Waals surface area contributed by atoms with E-state index in [2.05, 4.69) is 0 Å². The van der Waals surface area contributed by atoms with Crippen LogP contribution in [0.2, 0.25) is 0 Å². The van der Waals surface area contributed by atoms with Crippen LogP contribution in [-0.2, 0) is 0 Å². The lowest BCUT2D eigenvalue weighted by molar-refractivity contribution is 0.213. The van der Waals surface area contributed by atoms with Gasteiger partial charge in [0, 0.05) is 0 Å². The summed E-state index contributed by atoms with van der Waals surface area (Å²) in [7, 11) is 0. The minimum absolute atomic E-state index is 0.0320. The van der Waals surface area contributed by atoms with Crippen molar-refractivity contribution in [3.8, 4) is 0 Å². The van der Waals surface area contributed by atoms with Crippen molar-refractivity contribution in [3.05, 3.63) is 47.5 Å². The van der Waals surface area contributed by atoms with Crippen LogP contribution >= 0.6 is 0 Å². The van der Waals surface area contributed by atoms with Crippen LogP contribution in [0.15, 0.2) is 42.0 Å². The summed E-state index contributed by atoms with van der Waals surface area (Å²) in [6.07, 6.45) is 1.01. The molecule has 70 valence electrons. The molecule has 0 saturated heterocycles. The van der Waals surface area contributed by atoms with Crippen molar-refractivity contribution in [2.75, 3.05) is 6.61 Å². The summed E-state index contributed by atoms with van der Waals surface area (Å²) in [5.41, 5.74) is 1.62. The van der Waals surface area contributed by atoms with Crippen LogP contribution < -0.4 is 0 Å². The summed E-state index contributed by atoms with van der Waals surface area (Å²) in [6, 6.07) is 9.38. The Labute approximate surface area is 78.2 Å². The Kier molecular flexibility index (Phi) is 3.68. The molecule has 0 aliphatic carbocycles. The van der Waals surface area contributed by atoms with Gasteiger partial charge in [0.1, 0.15) is 0 Å². The SMILES string of the molecule is CC(=CCO)C(O)c1ccccc1. The molecule has 1 rings (SSSR count). The fraction of sp³-hybridized carbons (Fsp3) is 0.273. The fourth-order valence-electron chi connectivity index (χ4n) is 1.15. The molecule has 0 radical (unpaired) electrons. The summed E-state index contributed by atoms with van der Waals surface area (Å²) in [4.78, 5) is 0. The minimum Gasteiger partial charge on any atom is -0.392 e. The zero-order valence-electron chi connectivity index (χ0n) is 7.64. The van der Waals surface area contributed by atoms with Crippen molar-refractivity contribution in [1.82, 2.24) is 0 Å². The van der Waals surface area contributed by atoms with Crippen LogP contribution in [-0.4, -0.2) is 16.8 Å². The van der Waals surface area contributed by atoms with Gasteiger partial charge in [-0.15, -0.1) is 0 Å². The van der Waals surface area contributed by atoms with Gasteiger partial charge in [-0.1, -0.05) is 36.4 Å². The standard InChI is InChI=1S/C11H14O2/c1-9(7-8-12)11(13)10-5-3-2-4-6-10/h2-7,11-13H,8H2,1H3. The molecule has 2 N–H and O–H groups in total. The number of benzene rings is 1. The van der Waals surface area contributed by atoms with E-state index in [-0.39, 0.29) is 6.61 Å². The Morgan fingerprint density at radius 3 is 2.54 bits per heavy atom. The van der Waals surface area contributed by atoms with Gasteiger partial charge in [0.15, 0.2) is 0 Å². The number of rotatable bonds is 3. The molecule has 2 heteroatoms. The Morgan fingerprint density at radius 1 is 1.38 bits per heavy atom. The summed E-state index contributed by atoms with van der Waals surface area (Å²) >= 11 is 0. The summed E-state index contributed by atoms with van der Waals surface area (Å²) in [6.45, 7) is 1.77. The van der Waals surface area contributed by atoms with Crippen molar-refractivity contribution >= 4 is 0 Å². The molecule has 1 unspecified atom stereocenters. The predicted octanol–water partition coefficient (Wildman–Crippen LogP) is 1.66. The summed E-state index contributed by atoms with van der Waals surface area (Å²) in [5, 5.41) is 18.4. The van der Waals surface area contributed by atoms with E-state index in [1.54, 1.807) is 13.0 Å². The van der Waals surface area contributed by atoms with Crippen LogP contribution in [0.1, 0.15) is 18.6 Å². The number of hydrogen-bond donors (Lipinski definition) is 2. The molecule has 0 bridgehead atoms. The quantitative estimate of drug-likeness (QED) is 0.691. The Balaban J connectivity index is 2.79. The first kappa shape index (κ1) is 9.96. The maximum Gasteiger partial charge on any atom is 0.0999 e. The molecule has 2 nitrogen and oxygen atoms in total. The van der Waals surface area contributed by atoms with Crippen LogP contribution in [0, 0.1) is 0 Å². The van der Waals surface area contributed by atoms with Gasteiger partial charge in [0.05, 0.1) is 12.7 Å². The van der Waals surface area contributed by atoms with Crippen molar-refractivity contribution < 1.29 is 10.2 Å². The second kappa shape index (κ2) is 4.80. The monoisotopic (exact) mass is 178 g/mol. The van der Waals surface area contributed by atoms with Crippen LogP contribution in [0.5, 0.6) is 0 Å². The topological polar surface area (TPSA) is 40.5 Å². The average Bonchev–Trinajstić information content (AvgIpc) is 2.18. The normalized spacial score (nSPS) is 14.2. The molecule has 1 atom stereocenters. The van der Waals surface area contributed by atoms with Crippen molar-refractivity contribution in [2.24, 2.45) is 0 Å². The molecule has 0 aromatic heterocycles. The van der Waals surface area contributed by atoms with Gasteiger partial charge in [-0.2, -0.15) is 0 Å². The van der Waals surface area contributed by atoms with Crippen molar-refractivity contribution in [2.45, 2.75) is 13.0 Å². The third-order valence-corrected chi connectivity index (χ3v) is 1.96. The minimum atomic E-state index is -0.603. The maximum absolute atomic E-state index is 9.74. The fourth-order valence-corrected chi connectivity index (χ4v) is 1.15. The maximum atomic E-state index is 9.74. The van der Waals surface area contributed by atoms with E-state index in [0.29, 0.717) is 0 Å². The highest BCUT2D eigenvalue weighted by Crippen LogP contribution is 2.19. The molecule has 0 amide bonds. The average molecular weight is 178 g/mol. The lowest BCUT2D eigenvalue weighted by atomic mass is 10.0. The molecule has 0 saturated carbocycles. The van der Waals surface area contributed by atoms with Gasteiger partial charge in [-0.05, 0) is 18.1 Å². The van der Waals surface area contributed by atoms with Gasteiger partial charge in [-0.3, -0.25) is 0 Å². The second-order valence-corrected chi connectivity index (χ2v) is 2.94. The molecule has 1 aromatic carbocycles. The molecular formula is C11H14O2. The number of aliphatic hydroxyl groups is 2. The molecule has 0 spiro atoms. The van der Waals surface area contributed by atoms with E-state index in [1.807, 2.05) is 30.3 Å². The lowest BCUT2D eigenvalue weighted by Gasteiger charge is -2.10. The van der Waals surface area contributed by atoms with E-state index < -0.39 is 6.10 Å². The highest BCUT2D eigenvalue weighted by Gasteiger charge is 2.07. The smallest absolute Gasteiger partial charge is 0.0999 e. The Bertz CT molecular complexity index is 277. The number of aliphatic hydroxyl groups excluding tert-OH is 2. The van der Waals surface area contributed by atoms with Crippen molar-refractivity contribution in [1.29, 1.82) is 0 Å². The van der Waals surface area contributed by atoms with Crippen LogP contribution in [0.4, 0.5) is 0 Å². The second-order valence-electron chi connectivity index (χ2n) is 2.94. The molecule has 1 aromatic rings. The van der Waals surface area contributed by atoms with Gasteiger partial charge >= 0.3 is 0 Å². The predicted molar refractivity (Wildman–Crippen MR) is 52.2 cm³/mol. The van der Waals surface area contributed by atoms with E-state index in [1.165, 1.54) is 0 Å². The van der Waals surface area contributed by atoms with Gasteiger partial charge in [0.2, 0.25) is 0 Å². The zero-order valence-corrected chi connectivity index (χ0v) is 7.64. The number of hydrogen-bond acceptors (Lipinski definition) is 2. The third-order valence-electron chi connectivity index (χ3n) is 1.96. The first-order valence-electron chi connectivity index (χ1n) is 4.26. The third kappa shape index (κ3) is 2.68. The lowest BCUT2D eigenvalue weighted by Crippen LogP contribution is -1.99. The van der Waals surface area contributed by atoms with Crippen molar-refractivity contribution in [3.63, 3.8) is 0 Å². The van der Waals surface area contributed by atoms with E-state index in [0.717, 1.165) is 11.1 Å².